The number of hydrogen-bond donors (Lipinski definition) is 1. The van der Waals surface area contributed by atoms with Crippen LogP contribution in [0.4, 0.5) is 0 Å². The third kappa shape index (κ3) is 3.72. The van der Waals surface area contributed by atoms with Crippen molar-refractivity contribution in [2.75, 3.05) is 13.7 Å². The maximum atomic E-state index is 11.1. The second-order valence-electron chi connectivity index (χ2n) is 5.07. The van der Waals surface area contributed by atoms with Crippen molar-refractivity contribution in [3.8, 4) is 11.8 Å². The van der Waals surface area contributed by atoms with E-state index in [0.29, 0.717) is 6.54 Å². The summed E-state index contributed by atoms with van der Waals surface area (Å²) in [6.07, 6.45) is 0.942. The van der Waals surface area contributed by atoms with Crippen molar-refractivity contribution < 1.29 is 9.53 Å². The lowest BCUT2D eigenvalue weighted by Gasteiger charge is -2.27. The molecule has 0 saturated heterocycles. The molecule has 0 aliphatic rings. The van der Waals surface area contributed by atoms with Gasteiger partial charge in [0.15, 0.2) is 6.07 Å². The van der Waals surface area contributed by atoms with Crippen LogP contribution in [-0.2, 0) is 16.6 Å². The van der Waals surface area contributed by atoms with E-state index in [4.69, 9.17) is 10.00 Å². The minimum Gasteiger partial charge on any atom is -0.496 e. The van der Waals surface area contributed by atoms with E-state index in [1.807, 2.05) is 26.0 Å². The molecular formula is C15H20N2O2. The summed E-state index contributed by atoms with van der Waals surface area (Å²) in [6.45, 7) is 6.52. The Kier molecular flexibility index (Phi) is 4.94. The van der Waals surface area contributed by atoms with Gasteiger partial charge in [-0.3, -0.25) is 4.79 Å². The molecule has 0 bridgehead atoms. The summed E-state index contributed by atoms with van der Waals surface area (Å²) in [5, 5.41) is 11.1. The lowest BCUT2D eigenvalue weighted by Crippen LogP contribution is -2.36. The van der Waals surface area contributed by atoms with Crippen LogP contribution in [0.5, 0.6) is 5.75 Å². The Morgan fingerprint density at radius 3 is 2.68 bits per heavy atom. The van der Waals surface area contributed by atoms with Crippen LogP contribution in [0.25, 0.3) is 0 Å². The fourth-order valence-electron chi connectivity index (χ4n) is 1.94. The van der Waals surface area contributed by atoms with E-state index in [9.17, 15) is 4.79 Å². The normalized spacial score (nSPS) is 10.7. The molecule has 0 aliphatic heterocycles. The largest absolute Gasteiger partial charge is 0.496 e. The van der Waals surface area contributed by atoms with E-state index >= 15 is 0 Å². The summed E-state index contributed by atoms with van der Waals surface area (Å²) >= 11 is 0. The number of nitrogens with zero attached hydrogens (tertiary/aromatic N) is 1. The summed E-state index contributed by atoms with van der Waals surface area (Å²) in [6, 6.07) is 7.63. The van der Waals surface area contributed by atoms with Gasteiger partial charge in [-0.2, -0.15) is 5.26 Å². The first-order valence-corrected chi connectivity index (χ1v) is 6.30. The highest BCUT2D eigenvalue weighted by Crippen LogP contribution is 2.32. The maximum absolute atomic E-state index is 11.1. The quantitative estimate of drug-likeness (QED) is 0.825. The fraction of sp³-hybridized carbons (Fsp3) is 0.467. The van der Waals surface area contributed by atoms with Crippen LogP contribution in [0.1, 0.15) is 31.9 Å². The van der Waals surface area contributed by atoms with Gasteiger partial charge in [-0.1, -0.05) is 32.9 Å². The first-order chi connectivity index (χ1) is 8.94. The Labute approximate surface area is 114 Å². The zero-order valence-corrected chi connectivity index (χ0v) is 11.9. The van der Waals surface area contributed by atoms with Gasteiger partial charge in [-0.15, -0.1) is 0 Å². The zero-order chi connectivity index (χ0) is 14.5. The number of benzene rings is 1. The molecule has 0 aromatic heterocycles. The summed E-state index contributed by atoms with van der Waals surface area (Å²) < 4.78 is 5.39. The van der Waals surface area contributed by atoms with Crippen LogP contribution < -0.4 is 10.1 Å². The van der Waals surface area contributed by atoms with Gasteiger partial charge in [-0.05, 0) is 18.1 Å². The molecule has 0 radical (unpaired) electrons. The molecule has 1 amide bonds. The molecule has 0 unspecified atom stereocenters. The Morgan fingerprint density at radius 2 is 2.16 bits per heavy atom. The molecule has 102 valence electrons. The number of hydrogen-bond acceptors (Lipinski definition) is 3. The molecule has 0 heterocycles. The molecule has 0 aliphatic carbocycles. The molecule has 1 aromatic rings. The number of aryl methyl sites for hydroxylation is 1. The van der Waals surface area contributed by atoms with E-state index in [1.54, 1.807) is 13.2 Å². The molecule has 1 rings (SSSR count). The molecule has 0 spiro atoms. The van der Waals surface area contributed by atoms with Gasteiger partial charge in [0, 0.05) is 17.5 Å². The number of carbonyl (C=O) groups excluding carboxylic acids is 1. The van der Waals surface area contributed by atoms with Gasteiger partial charge < -0.3 is 10.1 Å². The second kappa shape index (κ2) is 6.24. The number of ether oxygens (including phenoxy) is 1. The summed E-state index contributed by atoms with van der Waals surface area (Å²) in [7, 11) is 1.63. The minimum absolute atomic E-state index is 0.303. The molecular weight excluding hydrogens is 240 g/mol. The van der Waals surface area contributed by atoms with E-state index in [2.05, 4.69) is 18.3 Å². The standard InChI is InChI=1S/C15H20N2O2/c1-5-11-6-7-13(19-4)12(8-11)15(2,3)10-17-14(18)9-16/h6-8H,5,10H2,1-4H3,(H,17,18). The highest BCUT2D eigenvalue weighted by Gasteiger charge is 2.25. The third-order valence-corrected chi connectivity index (χ3v) is 3.19. The summed E-state index contributed by atoms with van der Waals surface area (Å²) in [4.78, 5) is 11.1. The monoisotopic (exact) mass is 260 g/mol. The second-order valence-corrected chi connectivity index (χ2v) is 5.07. The molecule has 4 heteroatoms. The van der Waals surface area contributed by atoms with Crippen molar-refractivity contribution in [3.05, 3.63) is 29.3 Å². The fourth-order valence-corrected chi connectivity index (χ4v) is 1.94. The Bertz CT molecular complexity index is 501. The number of rotatable bonds is 5. The minimum atomic E-state index is -0.612. The molecule has 1 N–H and O–H groups in total. The van der Waals surface area contributed by atoms with Crippen LogP contribution in [0, 0.1) is 11.3 Å². The first kappa shape index (κ1) is 15.0. The van der Waals surface area contributed by atoms with Gasteiger partial charge in [0.05, 0.1) is 7.11 Å². The third-order valence-electron chi connectivity index (χ3n) is 3.19. The number of amides is 1. The van der Waals surface area contributed by atoms with Crippen molar-refractivity contribution in [2.45, 2.75) is 32.6 Å². The van der Waals surface area contributed by atoms with Crippen LogP contribution in [0.2, 0.25) is 0 Å². The van der Waals surface area contributed by atoms with Gasteiger partial charge in [0.25, 0.3) is 0 Å². The molecule has 0 fully saturated rings. The Morgan fingerprint density at radius 1 is 1.47 bits per heavy atom. The first-order valence-electron chi connectivity index (χ1n) is 6.30. The molecule has 0 atom stereocenters. The van der Waals surface area contributed by atoms with Crippen molar-refractivity contribution in [1.29, 1.82) is 5.26 Å². The van der Waals surface area contributed by atoms with Crippen LogP contribution in [0.3, 0.4) is 0 Å². The predicted molar refractivity (Wildman–Crippen MR) is 74.0 cm³/mol. The van der Waals surface area contributed by atoms with Crippen LogP contribution >= 0.6 is 0 Å². The number of nitrogens with one attached hydrogen (secondary N) is 1. The average molecular weight is 260 g/mol. The number of carbonyl (C=O) groups is 1. The van der Waals surface area contributed by atoms with Crippen molar-refractivity contribution in [1.82, 2.24) is 5.32 Å². The van der Waals surface area contributed by atoms with Gasteiger partial charge in [-0.25, -0.2) is 0 Å². The predicted octanol–water partition coefficient (Wildman–Crippen LogP) is 2.17. The van der Waals surface area contributed by atoms with Gasteiger partial charge in [0.2, 0.25) is 0 Å². The number of nitriles is 1. The molecule has 1 aromatic carbocycles. The Balaban J connectivity index is 3.04. The van der Waals surface area contributed by atoms with E-state index in [1.165, 1.54) is 5.56 Å². The zero-order valence-electron chi connectivity index (χ0n) is 11.9. The Hall–Kier alpha value is -2.02. The topological polar surface area (TPSA) is 62.1 Å². The van der Waals surface area contributed by atoms with Crippen LogP contribution in [0.15, 0.2) is 18.2 Å². The van der Waals surface area contributed by atoms with Crippen LogP contribution in [-0.4, -0.2) is 19.6 Å². The van der Waals surface area contributed by atoms with Crippen molar-refractivity contribution >= 4 is 5.91 Å². The van der Waals surface area contributed by atoms with Crippen molar-refractivity contribution in [3.63, 3.8) is 0 Å². The van der Waals surface area contributed by atoms with E-state index in [0.717, 1.165) is 17.7 Å². The summed E-state index contributed by atoms with van der Waals surface area (Å²) in [5.41, 5.74) is 1.95. The number of methoxy groups -OCH3 is 1. The summed E-state index contributed by atoms with van der Waals surface area (Å²) in [5.74, 6) is 0.187. The highest BCUT2D eigenvalue weighted by atomic mass is 16.5. The lowest BCUT2D eigenvalue weighted by atomic mass is 9.82. The maximum Gasteiger partial charge on any atom is 0.322 e. The lowest BCUT2D eigenvalue weighted by molar-refractivity contribution is -0.116. The van der Waals surface area contributed by atoms with E-state index < -0.39 is 5.91 Å². The average Bonchev–Trinajstić information content (AvgIpc) is 2.43. The van der Waals surface area contributed by atoms with E-state index in [-0.39, 0.29) is 5.41 Å². The molecule has 0 saturated carbocycles. The van der Waals surface area contributed by atoms with Gasteiger partial charge >= 0.3 is 5.91 Å². The smallest absolute Gasteiger partial charge is 0.322 e. The van der Waals surface area contributed by atoms with Crippen molar-refractivity contribution in [2.24, 2.45) is 0 Å². The SMILES string of the molecule is CCc1ccc(OC)c(C(C)(C)CNC(=O)C#N)c1. The molecule has 19 heavy (non-hydrogen) atoms. The van der Waals surface area contributed by atoms with Gasteiger partial charge in [0.1, 0.15) is 5.75 Å². The molecule has 4 nitrogen and oxygen atoms in total. The highest BCUT2D eigenvalue weighted by molar-refractivity contribution is 5.91.